The van der Waals surface area contributed by atoms with Crippen molar-refractivity contribution < 1.29 is 14.3 Å². The minimum Gasteiger partial charge on any atom is -0.423 e. The van der Waals surface area contributed by atoms with Crippen molar-refractivity contribution in [3.8, 4) is 5.75 Å². The molecule has 0 unspecified atom stereocenters. The van der Waals surface area contributed by atoms with Gasteiger partial charge in [0.05, 0.1) is 0 Å². The number of carbonyl (C=O) groups excluding carboxylic acids is 2. The van der Waals surface area contributed by atoms with E-state index in [-0.39, 0.29) is 5.78 Å². The molecule has 1 heterocycles. The Morgan fingerprint density at radius 3 is 2.27 bits per heavy atom. The third-order valence-corrected chi connectivity index (χ3v) is 4.35. The van der Waals surface area contributed by atoms with Crippen LogP contribution < -0.4 is 4.74 Å². The molecular weight excluding hydrogens is 344 g/mol. The molecule has 3 rings (SSSR count). The Bertz CT molecular complexity index is 921. The van der Waals surface area contributed by atoms with Crippen LogP contribution in [-0.4, -0.2) is 11.8 Å². The van der Waals surface area contributed by atoms with E-state index in [4.69, 9.17) is 4.74 Å². The van der Waals surface area contributed by atoms with Crippen molar-refractivity contribution in [2.45, 2.75) is 0 Å². The average Bonchev–Trinajstić information content (AvgIpc) is 3.19. The van der Waals surface area contributed by atoms with Crippen LogP contribution in [-0.2, 0) is 4.79 Å². The van der Waals surface area contributed by atoms with Gasteiger partial charge in [-0.05, 0) is 59.5 Å². The van der Waals surface area contributed by atoms with Crippen LogP contribution in [0.4, 0.5) is 0 Å². The summed E-state index contributed by atoms with van der Waals surface area (Å²) in [4.78, 5) is 25.0. The Labute approximate surface area is 155 Å². The molecule has 0 aliphatic heterocycles. The topological polar surface area (TPSA) is 43.4 Å². The molecule has 0 spiro atoms. The van der Waals surface area contributed by atoms with Gasteiger partial charge in [0, 0.05) is 16.5 Å². The molecule has 128 valence electrons. The molecule has 0 saturated carbocycles. The van der Waals surface area contributed by atoms with E-state index in [1.807, 2.05) is 47.8 Å². The van der Waals surface area contributed by atoms with Gasteiger partial charge in [-0.25, -0.2) is 4.79 Å². The third-order valence-electron chi connectivity index (χ3n) is 3.51. The lowest BCUT2D eigenvalue weighted by molar-refractivity contribution is -0.128. The van der Waals surface area contributed by atoms with E-state index in [2.05, 4.69) is 0 Å². The number of ether oxygens (including phenoxy) is 1. The summed E-state index contributed by atoms with van der Waals surface area (Å²) >= 11 is 1.57. The van der Waals surface area contributed by atoms with Gasteiger partial charge in [-0.1, -0.05) is 36.4 Å². The predicted octanol–water partition coefficient (Wildman–Crippen LogP) is 5.26. The molecule has 2 aromatic carbocycles. The van der Waals surface area contributed by atoms with Gasteiger partial charge < -0.3 is 4.74 Å². The summed E-state index contributed by atoms with van der Waals surface area (Å²) in [6, 6.07) is 19.9. The molecule has 0 amide bonds. The van der Waals surface area contributed by atoms with Crippen LogP contribution in [0.15, 0.2) is 84.3 Å². The Hall–Kier alpha value is -3.24. The molecule has 26 heavy (non-hydrogen) atoms. The van der Waals surface area contributed by atoms with Crippen LogP contribution in [0.5, 0.6) is 5.75 Å². The van der Waals surface area contributed by atoms with E-state index in [0.717, 1.165) is 10.4 Å². The highest BCUT2D eigenvalue weighted by molar-refractivity contribution is 7.10. The van der Waals surface area contributed by atoms with Gasteiger partial charge in [0.1, 0.15) is 5.75 Å². The Morgan fingerprint density at radius 2 is 1.58 bits per heavy atom. The molecule has 0 saturated heterocycles. The minimum absolute atomic E-state index is 0.0970. The zero-order valence-corrected chi connectivity index (χ0v) is 14.7. The standard InChI is InChI=1S/C22H16O3S/c23-21(14-13-20-7-4-16-26-20)18-9-11-19(12-10-18)25-22(24)15-8-17-5-2-1-3-6-17/h1-16H/b14-13-,15-8-. The highest BCUT2D eigenvalue weighted by atomic mass is 32.1. The van der Waals surface area contributed by atoms with Gasteiger partial charge in [-0.15, -0.1) is 11.3 Å². The van der Waals surface area contributed by atoms with Gasteiger partial charge in [-0.3, -0.25) is 4.79 Å². The first-order valence-electron chi connectivity index (χ1n) is 8.02. The van der Waals surface area contributed by atoms with Crippen molar-refractivity contribution in [3.05, 3.63) is 100 Å². The van der Waals surface area contributed by atoms with Gasteiger partial charge in [-0.2, -0.15) is 0 Å². The number of carbonyl (C=O) groups is 2. The lowest BCUT2D eigenvalue weighted by Gasteiger charge is -2.02. The fraction of sp³-hybridized carbons (Fsp3) is 0. The number of hydrogen-bond donors (Lipinski definition) is 0. The number of esters is 1. The summed E-state index contributed by atoms with van der Waals surface area (Å²) in [5.74, 6) is -0.169. The van der Waals surface area contributed by atoms with Crippen molar-refractivity contribution in [3.63, 3.8) is 0 Å². The second kappa shape index (κ2) is 8.74. The fourth-order valence-electron chi connectivity index (χ4n) is 2.21. The maximum atomic E-state index is 12.1. The van der Waals surface area contributed by atoms with Crippen molar-refractivity contribution >= 4 is 35.2 Å². The van der Waals surface area contributed by atoms with Crippen LogP contribution in [0.3, 0.4) is 0 Å². The fourth-order valence-corrected chi connectivity index (χ4v) is 2.82. The summed E-state index contributed by atoms with van der Waals surface area (Å²) in [5, 5.41) is 1.96. The van der Waals surface area contributed by atoms with Gasteiger partial charge in [0.25, 0.3) is 0 Å². The van der Waals surface area contributed by atoms with Crippen LogP contribution in [0.25, 0.3) is 12.2 Å². The van der Waals surface area contributed by atoms with Crippen LogP contribution in [0, 0.1) is 0 Å². The van der Waals surface area contributed by atoms with Gasteiger partial charge in [0.15, 0.2) is 5.78 Å². The monoisotopic (exact) mass is 360 g/mol. The second-order valence-corrected chi connectivity index (χ2v) is 6.38. The van der Waals surface area contributed by atoms with E-state index >= 15 is 0 Å². The van der Waals surface area contributed by atoms with Crippen LogP contribution in [0.2, 0.25) is 0 Å². The summed E-state index contributed by atoms with van der Waals surface area (Å²) in [6.07, 6.45) is 6.39. The molecule has 3 aromatic rings. The third kappa shape index (κ3) is 5.13. The predicted molar refractivity (Wildman–Crippen MR) is 105 cm³/mol. The second-order valence-electron chi connectivity index (χ2n) is 5.40. The molecule has 3 nitrogen and oxygen atoms in total. The summed E-state index contributed by atoms with van der Waals surface area (Å²) in [6.45, 7) is 0. The van der Waals surface area contributed by atoms with Crippen molar-refractivity contribution in [2.75, 3.05) is 0 Å². The SMILES string of the molecule is O=C(/C=C\c1ccccc1)Oc1ccc(C(=O)/C=C\c2cccs2)cc1. The molecule has 0 aliphatic carbocycles. The molecular formula is C22H16O3S. The smallest absolute Gasteiger partial charge is 0.336 e. The highest BCUT2D eigenvalue weighted by Gasteiger charge is 2.04. The van der Waals surface area contributed by atoms with E-state index in [1.165, 1.54) is 12.2 Å². The molecule has 4 heteroatoms. The number of ketones is 1. The normalized spacial score (nSPS) is 11.1. The maximum Gasteiger partial charge on any atom is 0.336 e. The van der Waals surface area contributed by atoms with Crippen molar-refractivity contribution in [1.29, 1.82) is 0 Å². The number of allylic oxidation sites excluding steroid dienone is 1. The molecule has 0 aliphatic rings. The quantitative estimate of drug-likeness (QED) is 0.260. The van der Waals surface area contributed by atoms with E-state index in [0.29, 0.717) is 11.3 Å². The van der Waals surface area contributed by atoms with E-state index < -0.39 is 5.97 Å². The first kappa shape index (κ1) is 17.6. The number of benzene rings is 2. The Kier molecular flexibility index (Phi) is 5.91. The summed E-state index contributed by atoms with van der Waals surface area (Å²) < 4.78 is 5.24. The number of thiophene rings is 1. The van der Waals surface area contributed by atoms with E-state index in [9.17, 15) is 9.59 Å². The van der Waals surface area contributed by atoms with Crippen molar-refractivity contribution in [2.24, 2.45) is 0 Å². The molecule has 1 aromatic heterocycles. The van der Waals surface area contributed by atoms with Crippen LogP contribution >= 0.6 is 11.3 Å². The lowest BCUT2D eigenvalue weighted by Crippen LogP contribution is -2.04. The van der Waals surface area contributed by atoms with Gasteiger partial charge in [0.2, 0.25) is 0 Å². The maximum absolute atomic E-state index is 12.1. The summed E-state index contributed by atoms with van der Waals surface area (Å²) in [5.41, 5.74) is 1.46. The summed E-state index contributed by atoms with van der Waals surface area (Å²) in [7, 11) is 0. The van der Waals surface area contributed by atoms with E-state index in [1.54, 1.807) is 47.8 Å². The molecule has 0 bridgehead atoms. The molecule has 0 atom stereocenters. The Morgan fingerprint density at radius 1 is 0.808 bits per heavy atom. The number of rotatable bonds is 6. The zero-order chi connectivity index (χ0) is 18.2. The largest absolute Gasteiger partial charge is 0.423 e. The number of hydrogen-bond acceptors (Lipinski definition) is 4. The Balaban J connectivity index is 1.58. The first-order valence-corrected chi connectivity index (χ1v) is 8.89. The molecule has 0 radical (unpaired) electrons. The first-order chi connectivity index (χ1) is 12.7. The molecule has 0 fully saturated rings. The average molecular weight is 360 g/mol. The van der Waals surface area contributed by atoms with Gasteiger partial charge >= 0.3 is 5.97 Å². The minimum atomic E-state index is -0.467. The lowest BCUT2D eigenvalue weighted by atomic mass is 10.1. The van der Waals surface area contributed by atoms with Crippen molar-refractivity contribution in [1.82, 2.24) is 0 Å². The molecule has 0 N–H and O–H groups in total. The highest BCUT2D eigenvalue weighted by Crippen LogP contribution is 2.15. The van der Waals surface area contributed by atoms with Crippen LogP contribution in [0.1, 0.15) is 20.8 Å². The zero-order valence-electron chi connectivity index (χ0n) is 13.9.